The zero-order chi connectivity index (χ0) is 9.26. The smallest absolute Gasteiger partial charge is 0.119 e. The standard InChI is InChI=1S/C10H12ClNO/c1-13-7-2-3-10-8(6-7)9(11)4-5-12-10/h2-3,6,9,12H,4-5H2,1H3. The fourth-order valence-corrected chi connectivity index (χ4v) is 1.87. The van der Waals surface area contributed by atoms with Crippen LogP contribution >= 0.6 is 11.6 Å². The van der Waals surface area contributed by atoms with Crippen LogP contribution in [0.25, 0.3) is 0 Å². The van der Waals surface area contributed by atoms with Gasteiger partial charge in [-0.15, -0.1) is 11.6 Å². The lowest BCUT2D eigenvalue weighted by Gasteiger charge is -2.22. The Morgan fingerprint density at radius 2 is 2.38 bits per heavy atom. The Labute approximate surface area is 82.9 Å². The molecule has 1 aliphatic heterocycles. The minimum Gasteiger partial charge on any atom is -0.497 e. The monoisotopic (exact) mass is 197 g/mol. The number of anilines is 1. The third-order valence-corrected chi connectivity index (χ3v) is 2.76. The Morgan fingerprint density at radius 1 is 1.54 bits per heavy atom. The molecule has 0 saturated heterocycles. The van der Waals surface area contributed by atoms with Gasteiger partial charge in [-0.1, -0.05) is 0 Å². The molecule has 0 radical (unpaired) electrons. The zero-order valence-corrected chi connectivity index (χ0v) is 8.27. The van der Waals surface area contributed by atoms with Gasteiger partial charge < -0.3 is 10.1 Å². The van der Waals surface area contributed by atoms with Crippen LogP contribution in [0.5, 0.6) is 5.75 Å². The highest BCUT2D eigenvalue weighted by Gasteiger charge is 2.17. The Balaban J connectivity index is 2.41. The first-order valence-electron chi connectivity index (χ1n) is 4.37. The molecule has 0 saturated carbocycles. The number of hydrogen-bond donors (Lipinski definition) is 1. The summed E-state index contributed by atoms with van der Waals surface area (Å²) in [5, 5.41) is 3.42. The Hall–Kier alpha value is -0.890. The predicted molar refractivity (Wildman–Crippen MR) is 54.7 cm³/mol. The molecule has 1 atom stereocenters. The van der Waals surface area contributed by atoms with Crippen molar-refractivity contribution in [3.8, 4) is 5.75 Å². The molecule has 0 amide bonds. The quantitative estimate of drug-likeness (QED) is 0.700. The highest BCUT2D eigenvalue weighted by atomic mass is 35.5. The number of methoxy groups -OCH3 is 1. The average Bonchev–Trinajstić information content (AvgIpc) is 2.18. The van der Waals surface area contributed by atoms with E-state index in [0.29, 0.717) is 0 Å². The van der Waals surface area contributed by atoms with Gasteiger partial charge >= 0.3 is 0 Å². The summed E-state index contributed by atoms with van der Waals surface area (Å²) in [6.07, 6.45) is 0.974. The summed E-state index contributed by atoms with van der Waals surface area (Å²) in [7, 11) is 1.67. The Bertz CT molecular complexity index is 314. The van der Waals surface area contributed by atoms with Crippen LogP contribution in [0.1, 0.15) is 17.4 Å². The molecule has 2 rings (SSSR count). The van der Waals surface area contributed by atoms with E-state index in [2.05, 4.69) is 5.32 Å². The van der Waals surface area contributed by atoms with Crippen molar-refractivity contribution < 1.29 is 4.74 Å². The molecule has 2 nitrogen and oxygen atoms in total. The number of nitrogens with one attached hydrogen (secondary N) is 1. The second-order valence-electron chi connectivity index (χ2n) is 3.14. The van der Waals surface area contributed by atoms with Crippen LogP contribution in [0.15, 0.2) is 18.2 Å². The van der Waals surface area contributed by atoms with E-state index in [1.54, 1.807) is 7.11 Å². The van der Waals surface area contributed by atoms with Crippen molar-refractivity contribution in [2.24, 2.45) is 0 Å². The van der Waals surface area contributed by atoms with E-state index in [1.165, 1.54) is 0 Å². The van der Waals surface area contributed by atoms with Crippen molar-refractivity contribution in [2.45, 2.75) is 11.8 Å². The Morgan fingerprint density at radius 3 is 3.15 bits per heavy atom. The van der Waals surface area contributed by atoms with E-state index < -0.39 is 0 Å². The maximum atomic E-state index is 6.18. The summed E-state index contributed by atoms with van der Waals surface area (Å²) in [5.41, 5.74) is 2.28. The number of hydrogen-bond acceptors (Lipinski definition) is 2. The molecule has 0 aliphatic carbocycles. The number of benzene rings is 1. The summed E-state index contributed by atoms with van der Waals surface area (Å²) >= 11 is 6.18. The summed E-state index contributed by atoms with van der Waals surface area (Å²) < 4.78 is 5.14. The summed E-state index contributed by atoms with van der Waals surface area (Å²) in [6, 6.07) is 5.96. The van der Waals surface area contributed by atoms with E-state index in [-0.39, 0.29) is 5.38 Å². The number of alkyl halides is 1. The van der Waals surface area contributed by atoms with Crippen LogP contribution in [0, 0.1) is 0 Å². The van der Waals surface area contributed by atoms with Gasteiger partial charge in [-0.3, -0.25) is 0 Å². The van der Waals surface area contributed by atoms with Crippen LogP contribution < -0.4 is 10.1 Å². The molecule has 1 aliphatic rings. The van der Waals surface area contributed by atoms with Gasteiger partial charge in [0.05, 0.1) is 12.5 Å². The van der Waals surface area contributed by atoms with Gasteiger partial charge in [0.25, 0.3) is 0 Å². The van der Waals surface area contributed by atoms with Gasteiger partial charge in [-0.25, -0.2) is 0 Å². The molecule has 0 spiro atoms. The van der Waals surface area contributed by atoms with Gasteiger partial charge in [-0.05, 0) is 30.2 Å². The minimum atomic E-state index is 0.117. The summed E-state index contributed by atoms with van der Waals surface area (Å²) in [6.45, 7) is 0.952. The molecule has 0 bridgehead atoms. The fraction of sp³-hybridized carbons (Fsp3) is 0.400. The molecule has 13 heavy (non-hydrogen) atoms. The maximum absolute atomic E-state index is 6.18. The van der Waals surface area contributed by atoms with Crippen molar-refractivity contribution in [3.05, 3.63) is 23.8 Å². The second kappa shape index (κ2) is 3.46. The van der Waals surface area contributed by atoms with E-state index in [0.717, 1.165) is 30.0 Å². The molecule has 1 unspecified atom stereocenters. The second-order valence-corrected chi connectivity index (χ2v) is 3.66. The first kappa shape index (κ1) is 8.70. The lowest BCUT2D eigenvalue weighted by atomic mass is 10.0. The van der Waals surface area contributed by atoms with Gasteiger partial charge in [0, 0.05) is 12.2 Å². The SMILES string of the molecule is COc1ccc2c(c1)C(Cl)CCN2. The lowest BCUT2D eigenvalue weighted by Crippen LogP contribution is -2.13. The number of fused-ring (bicyclic) bond motifs is 1. The predicted octanol–water partition coefficient (Wildman–Crippen LogP) is 2.79. The third-order valence-electron chi connectivity index (χ3n) is 2.31. The van der Waals surface area contributed by atoms with Crippen LogP contribution in [0.3, 0.4) is 0 Å². The summed E-state index contributed by atoms with van der Waals surface area (Å²) in [5.74, 6) is 0.869. The number of halogens is 1. The van der Waals surface area contributed by atoms with Gasteiger partial charge in [0.1, 0.15) is 5.75 Å². The zero-order valence-electron chi connectivity index (χ0n) is 7.51. The van der Waals surface area contributed by atoms with E-state index in [9.17, 15) is 0 Å². The number of rotatable bonds is 1. The molecule has 0 aromatic heterocycles. The molecular formula is C10H12ClNO. The van der Waals surface area contributed by atoms with Crippen LogP contribution in [-0.4, -0.2) is 13.7 Å². The topological polar surface area (TPSA) is 21.3 Å². The van der Waals surface area contributed by atoms with Crippen molar-refractivity contribution in [1.29, 1.82) is 0 Å². The molecule has 1 heterocycles. The van der Waals surface area contributed by atoms with Gasteiger partial charge in [0.15, 0.2) is 0 Å². The first-order chi connectivity index (χ1) is 6.31. The molecular weight excluding hydrogens is 186 g/mol. The van der Waals surface area contributed by atoms with Gasteiger partial charge in [-0.2, -0.15) is 0 Å². The number of ether oxygens (including phenoxy) is 1. The highest BCUT2D eigenvalue weighted by Crippen LogP contribution is 2.36. The largest absolute Gasteiger partial charge is 0.497 e. The molecule has 1 aromatic carbocycles. The molecule has 0 fully saturated rings. The minimum absolute atomic E-state index is 0.117. The van der Waals surface area contributed by atoms with Crippen LogP contribution in [0.4, 0.5) is 5.69 Å². The van der Waals surface area contributed by atoms with Crippen molar-refractivity contribution in [2.75, 3.05) is 19.0 Å². The fourth-order valence-electron chi connectivity index (χ4n) is 1.58. The van der Waals surface area contributed by atoms with Crippen molar-refractivity contribution in [3.63, 3.8) is 0 Å². The molecule has 1 N–H and O–H groups in total. The van der Waals surface area contributed by atoms with E-state index >= 15 is 0 Å². The highest BCUT2D eigenvalue weighted by molar-refractivity contribution is 6.21. The summed E-state index contributed by atoms with van der Waals surface area (Å²) in [4.78, 5) is 0. The maximum Gasteiger partial charge on any atom is 0.119 e. The average molecular weight is 198 g/mol. The van der Waals surface area contributed by atoms with Crippen molar-refractivity contribution >= 4 is 17.3 Å². The third kappa shape index (κ3) is 1.59. The normalized spacial score (nSPS) is 20.3. The van der Waals surface area contributed by atoms with Crippen LogP contribution in [0.2, 0.25) is 0 Å². The van der Waals surface area contributed by atoms with E-state index in [4.69, 9.17) is 16.3 Å². The molecule has 70 valence electrons. The van der Waals surface area contributed by atoms with Crippen molar-refractivity contribution in [1.82, 2.24) is 0 Å². The Kier molecular flexibility index (Phi) is 2.32. The lowest BCUT2D eigenvalue weighted by molar-refractivity contribution is 0.414. The molecule has 1 aromatic rings. The van der Waals surface area contributed by atoms with Gasteiger partial charge in [0.2, 0.25) is 0 Å². The van der Waals surface area contributed by atoms with E-state index in [1.807, 2.05) is 18.2 Å². The first-order valence-corrected chi connectivity index (χ1v) is 4.81. The van der Waals surface area contributed by atoms with Crippen LogP contribution in [-0.2, 0) is 0 Å². The molecule has 3 heteroatoms.